The molecule has 1 atom stereocenters. The predicted octanol–water partition coefficient (Wildman–Crippen LogP) is 4.24. The Morgan fingerprint density at radius 2 is 1.56 bits per heavy atom. The molecule has 2 amide bonds. The molecule has 5 rings (SSSR count). The van der Waals surface area contributed by atoms with E-state index in [9.17, 15) is 19.2 Å². The maximum atomic E-state index is 13.3. The number of benzene rings is 2. The van der Waals surface area contributed by atoms with Crippen molar-refractivity contribution in [3.63, 3.8) is 0 Å². The Kier molecular flexibility index (Phi) is 6.41. The van der Waals surface area contributed by atoms with Gasteiger partial charge in [-0.2, -0.15) is 0 Å². The standard InChI is InChI=1S/C30H34N2O4/c1-30(2,3)22-17-31(18-22)16-20-9-7-19(8-10-20)11-12-21-5-4-6-24-27(21)29(36)32(28(24)35)25-14-13-23(33)15-26(25)34/h4-10,22,25H,11-18H2,1-3H3. The van der Waals surface area contributed by atoms with Gasteiger partial charge in [-0.1, -0.05) is 57.2 Å². The monoisotopic (exact) mass is 486 g/mol. The molecule has 1 saturated carbocycles. The lowest BCUT2D eigenvalue weighted by Gasteiger charge is -2.46. The van der Waals surface area contributed by atoms with Gasteiger partial charge in [0, 0.05) is 26.1 Å². The van der Waals surface area contributed by atoms with E-state index in [0.717, 1.165) is 42.4 Å². The first-order chi connectivity index (χ1) is 17.1. The van der Waals surface area contributed by atoms with E-state index in [4.69, 9.17) is 0 Å². The summed E-state index contributed by atoms with van der Waals surface area (Å²) in [5.74, 6) is -0.535. The van der Waals surface area contributed by atoms with E-state index in [-0.39, 0.29) is 30.8 Å². The molecule has 2 aromatic carbocycles. The number of carbonyl (C=O) groups excluding carboxylic acids is 4. The fourth-order valence-corrected chi connectivity index (χ4v) is 5.59. The molecule has 1 aliphatic carbocycles. The van der Waals surface area contributed by atoms with Crippen LogP contribution in [0.3, 0.4) is 0 Å². The smallest absolute Gasteiger partial charge is 0.262 e. The highest BCUT2D eigenvalue weighted by atomic mass is 16.2. The third-order valence-electron chi connectivity index (χ3n) is 8.08. The average molecular weight is 487 g/mol. The Bertz CT molecular complexity index is 1220. The van der Waals surface area contributed by atoms with Gasteiger partial charge in [0.2, 0.25) is 0 Å². The molecule has 36 heavy (non-hydrogen) atoms. The molecule has 2 aromatic rings. The van der Waals surface area contributed by atoms with Gasteiger partial charge in [-0.05, 0) is 53.4 Å². The van der Waals surface area contributed by atoms with E-state index < -0.39 is 17.9 Å². The normalized spacial score (nSPS) is 21.2. The Morgan fingerprint density at radius 1 is 0.861 bits per heavy atom. The zero-order chi connectivity index (χ0) is 25.6. The number of hydrogen-bond donors (Lipinski definition) is 0. The molecule has 0 bridgehead atoms. The summed E-state index contributed by atoms with van der Waals surface area (Å²) in [4.78, 5) is 54.0. The van der Waals surface area contributed by atoms with Crippen LogP contribution in [0.5, 0.6) is 0 Å². The van der Waals surface area contributed by atoms with E-state index in [1.807, 2.05) is 6.07 Å². The van der Waals surface area contributed by atoms with Gasteiger partial charge in [-0.15, -0.1) is 0 Å². The first-order valence-corrected chi connectivity index (χ1v) is 13.0. The number of ketones is 2. The quantitative estimate of drug-likeness (QED) is 0.451. The number of fused-ring (bicyclic) bond motifs is 1. The third-order valence-corrected chi connectivity index (χ3v) is 8.08. The molecule has 0 aromatic heterocycles. The largest absolute Gasteiger partial charge is 0.299 e. The van der Waals surface area contributed by atoms with E-state index >= 15 is 0 Å². The van der Waals surface area contributed by atoms with Crippen LogP contribution < -0.4 is 0 Å². The van der Waals surface area contributed by atoms with Crippen LogP contribution in [0.15, 0.2) is 42.5 Å². The van der Waals surface area contributed by atoms with Crippen LogP contribution >= 0.6 is 0 Å². The van der Waals surface area contributed by atoms with Crippen LogP contribution in [0.1, 0.15) is 77.4 Å². The number of Topliss-reactive ketones (excluding diaryl/α,β-unsaturated/α-hetero) is 2. The highest BCUT2D eigenvalue weighted by Gasteiger charge is 2.45. The first kappa shape index (κ1) is 24.6. The van der Waals surface area contributed by atoms with Crippen LogP contribution in [-0.4, -0.2) is 52.3 Å². The minimum absolute atomic E-state index is 0.126. The average Bonchev–Trinajstić information content (AvgIpc) is 3.05. The van der Waals surface area contributed by atoms with Crippen molar-refractivity contribution in [1.82, 2.24) is 9.80 Å². The van der Waals surface area contributed by atoms with Crippen molar-refractivity contribution in [3.05, 3.63) is 70.3 Å². The zero-order valence-corrected chi connectivity index (χ0v) is 21.4. The number of aryl methyl sites for hydroxylation is 2. The molecule has 6 nitrogen and oxygen atoms in total. The molecule has 3 aliphatic rings. The van der Waals surface area contributed by atoms with E-state index in [2.05, 4.69) is 49.9 Å². The van der Waals surface area contributed by atoms with Crippen molar-refractivity contribution in [2.24, 2.45) is 11.3 Å². The maximum Gasteiger partial charge on any atom is 0.262 e. The minimum Gasteiger partial charge on any atom is -0.299 e. The summed E-state index contributed by atoms with van der Waals surface area (Å²) in [5, 5.41) is 0. The van der Waals surface area contributed by atoms with Crippen LogP contribution in [0.2, 0.25) is 0 Å². The van der Waals surface area contributed by atoms with Gasteiger partial charge >= 0.3 is 0 Å². The lowest BCUT2D eigenvalue weighted by atomic mass is 9.76. The number of imide groups is 1. The summed E-state index contributed by atoms with van der Waals surface area (Å²) >= 11 is 0. The lowest BCUT2D eigenvalue weighted by Crippen LogP contribution is -2.51. The van der Waals surface area contributed by atoms with Crippen LogP contribution in [0.25, 0.3) is 0 Å². The van der Waals surface area contributed by atoms with Crippen molar-refractivity contribution < 1.29 is 19.2 Å². The minimum atomic E-state index is -0.833. The molecule has 188 valence electrons. The van der Waals surface area contributed by atoms with Crippen molar-refractivity contribution >= 4 is 23.4 Å². The van der Waals surface area contributed by atoms with E-state index in [1.165, 1.54) is 11.1 Å². The van der Waals surface area contributed by atoms with E-state index in [0.29, 0.717) is 23.0 Å². The summed E-state index contributed by atoms with van der Waals surface area (Å²) in [6.45, 7) is 10.2. The van der Waals surface area contributed by atoms with Crippen LogP contribution in [0, 0.1) is 11.3 Å². The summed E-state index contributed by atoms with van der Waals surface area (Å²) in [6, 6.07) is 13.2. The zero-order valence-electron chi connectivity index (χ0n) is 21.4. The van der Waals surface area contributed by atoms with Gasteiger partial charge in [0.1, 0.15) is 5.78 Å². The van der Waals surface area contributed by atoms with E-state index in [1.54, 1.807) is 12.1 Å². The number of likely N-dealkylation sites (tertiary alicyclic amines) is 1. The fraction of sp³-hybridized carbons (Fsp3) is 0.467. The molecule has 1 unspecified atom stereocenters. The molecule has 0 N–H and O–H groups in total. The summed E-state index contributed by atoms with van der Waals surface area (Å²) in [5.41, 5.74) is 4.45. The van der Waals surface area contributed by atoms with Crippen molar-refractivity contribution in [2.75, 3.05) is 13.1 Å². The number of rotatable bonds is 6. The molecular formula is C30H34N2O4. The molecule has 0 radical (unpaired) electrons. The second kappa shape index (κ2) is 9.40. The predicted molar refractivity (Wildman–Crippen MR) is 137 cm³/mol. The van der Waals surface area contributed by atoms with Crippen molar-refractivity contribution in [3.8, 4) is 0 Å². The van der Waals surface area contributed by atoms with Crippen molar-refractivity contribution in [2.45, 2.75) is 65.5 Å². The lowest BCUT2D eigenvalue weighted by molar-refractivity contribution is -0.132. The molecular weight excluding hydrogens is 452 g/mol. The second-order valence-corrected chi connectivity index (χ2v) is 11.6. The Labute approximate surface area is 212 Å². The maximum absolute atomic E-state index is 13.3. The van der Waals surface area contributed by atoms with Crippen molar-refractivity contribution in [1.29, 1.82) is 0 Å². The van der Waals surface area contributed by atoms with Crippen LogP contribution in [0.4, 0.5) is 0 Å². The SMILES string of the molecule is CC(C)(C)C1CN(Cc2ccc(CCc3cccc4c3C(=O)N(C3CCC(=O)CC3=O)C4=O)cc2)C1. The fourth-order valence-electron chi connectivity index (χ4n) is 5.59. The van der Waals surface area contributed by atoms with Gasteiger partial charge < -0.3 is 0 Å². The summed E-state index contributed by atoms with van der Waals surface area (Å²) in [7, 11) is 0. The molecule has 6 heteroatoms. The highest BCUT2D eigenvalue weighted by Crippen LogP contribution is 2.34. The number of hydrogen-bond acceptors (Lipinski definition) is 5. The second-order valence-electron chi connectivity index (χ2n) is 11.6. The Hall–Kier alpha value is -3.12. The molecule has 2 aliphatic heterocycles. The Balaban J connectivity index is 1.23. The van der Waals surface area contributed by atoms with Gasteiger partial charge in [-0.25, -0.2) is 0 Å². The molecule has 2 heterocycles. The molecule has 1 saturated heterocycles. The summed E-state index contributed by atoms with van der Waals surface area (Å²) in [6.07, 6.45) is 1.63. The third kappa shape index (κ3) is 4.66. The van der Waals surface area contributed by atoms with Gasteiger partial charge in [0.05, 0.1) is 23.6 Å². The summed E-state index contributed by atoms with van der Waals surface area (Å²) < 4.78 is 0. The number of nitrogens with zero attached hydrogens (tertiary/aromatic N) is 2. The topological polar surface area (TPSA) is 74.8 Å². The van der Waals surface area contributed by atoms with Gasteiger partial charge in [0.25, 0.3) is 11.8 Å². The molecule has 0 spiro atoms. The molecule has 2 fully saturated rings. The number of carbonyl (C=O) groups is 4. The number of amides is 2. The highest BCUT2D eigenvalue weighted by molar-refractivity contribution is 6.24. The van der Waals surface area contributed by atoms with Gasteiger partial charge in [-0.3, -0.25) is 29.0 Å². The first-order valence-electron chi connectivity index (χ1n) is 13.0. The van der Waals surface area contributed by atoms with Crippen LogP contribution in [-0.2, 0) is 29.0 Å². The Morgan fingerprint density at radius 3 is 2.22 bits per heavy atom. The van der Waals surface area contributed by atoms with Gasteiger partial charge in [0.15, 0.2) is 5.78 Å².